The number of sulfonamides is 1. The van der Waals surface area contributed by atoms with Crippen molar-refractivity contribution >= 4 is 15.9 Å². The summed E-state index contributed by atoms with van der Waals surface area (Å²) in [7, 11) is -3.58. The third-order valence-electron chi connectivity index (χ3n) is 3.21. The van der Waals surface area contributed by atoms with Crippen molar-refractivity contribution in [2.45, 2.75) is 38.2 Å². The molecular weight excluding hydrogens is 294 g/mol. The van der Waals surface area contributed by atoms with Crippen LogP contribution in [0.5, 0.6) is 0 Å². The van der Waals surface area contributed by atoms with E-state index in [0.717, 1.165) is 0 Å². The largest absolute Gasteiger partial charge is 0.391 e. The number of hydrogen-bond donors (Lipinski definition) is 3. The number of amides is 1. The molecule has 0 aliphatic carbocycles. The van der Waals surface area contributed by atoms with E-state index in [1.54, 1.807) is 20.8 Å². The molecule has 1 amide bonds. The Morgan fingerprint density at radius 3 is 2.52 bits per heavy atom. The van der Waals surface area contributed by atoms with Gasteiger partial charge < -0.3 is 15.4 Å². The normalized spacial score (nSPS) is 13.4. The second-order valence-electron chi connectivity index (χ2n) is 4.61. The molecule has 8 heteroatoms. The van der Waals surface area contributed by atoms with Crippen LogP contribution in [0.25, 0.3) is 0 Å². The molecule has 0 saturated heterocycles. The summed E-state index contributed by atoms with van der Waals surface area (Å²) in [6.07, 6.45) is 1.23. The fourth-order valence-electron chi connectivity index (χ4n) is 1.82. The third kappa shape index (κ3) is 4.29. The average Bonchev–Trinajstić information content (AvgIpc) is 2.96. The first-order chi connectivity index (χ1) is 9.86. The molecular formula is C13H23N3O4S. The van der Waals surface area contributed by atoms with E-state index in [2.05, 4.69) is 10.3 Å². The highest BCUT2D eigenvalue weighted by Crippen LogP contribution is 2.16. The smallest absolute Gasteiger partial charge is 0.267 e. The van der Waals surface area contributed by atoms with E-state index in [9.17, 15) is 18.3 Å². The van der Waals surface area contributed by atoms with Crippen molar-refractivity contribution in [3.63, 3.8) is 0 Å². The number of hydrogen-bond acceptors (Lipinski definition) is 4. The van der Waals surface area contributed by atoms with Crippen LogP contribution in [0.3, 0.4) is 0 Å². The van der Waals surface area contributed by atoms with E-state index >= 15 is 0 Å². The Balaban J connectivity index is 2.84. The van der Waals surface area contributed by atoms with Gasteiger partial charge in [0.2, 0.25) is 10.0 Å². The highest BCUT2D eigenvalue weighted by atomic mass is 32.2. The van der Waals surface area contributed by atoms with Crippen LogP contribution in [0.2, 0.25) is 0 Å². The molecule has 0 spiro atoms. The lowest BCUT2D eigenvalue weighted by Gasteiger charge is -2.16. The van der Waals surface area contributed by atoms with Gasteiger partial charge in [0.25, 0.3) is 5.91 Å². The lowest BCUT2D eigenvalue weighted by molar-refractivity contribution is 0.0909. The number of aromatic amines is 1. The lowest BCUT2D eigenvalue weighted by atomic mass is 10.3. The summed E-state index contributed by atoms with van der Waals surface area (Å²) in [5.74, 6) is -0.441. The molecule has 3 N–H and O–H groups in total. The summed E-state index contributed by atoms with van der Waals surface area (Å²) in [5.41, 5.74) is 0.157. The predicted molar refractivity (Wildman–Crippen MR) is 79.5 cm³/mol. The monoisotopic (exact) mass is 317 g/mol. The van der Waals surface area contributed by atoms with Crippen LogP contribution in [0.4, 0.5) is 0 Å². The maximum absolute atomic E-state index is 12.3. The van der Waals surface area contributed by atoms with Gasteiger partial charge in [-0.05, 0) is 12.5 Å². The number of rotatable bonds is 8. The van der Waals surface area contributed by atoms with Gasteiger partial charge in [0.05, 0.1) is 6.10 Å². The van der Waals surface area contributed by atoms with Gasteiger partial charge in [0.1, 0.15) is 10.6 Å². The first-order valence-corrected chi connectivity index (χ1v) is 8.45. The summed E-state index contributed by atoms with van der Waals surface area (Å²) >= 11 is 0. The Hall–Kier alpha value is -1.38. The number of aromatic nitrogens is 1. The van der Waals surface area contributed by atoms with Crippen molar-refractivity contribution in [2.24, 2.45) is 0 Å². The molecule has 1 aromatic rings. The van der Waals surface area contributed by atoms with Gasteiger partial charge in [-0.3, -0.25) is 4.79 Å². The molecule has 21 heavy (non-hydrogen) atoms. The van der Waals surface area contributed by atoms with E-state index in [1.165, 1.54) is 16.6 Å². The summed E-state index contributed by atoms with van der Waals surface area (Å²) < 4.78 is 25.9. The highest BCUT2D eigenvalue weighted by molar-refractivity contribution is 7.89. The molecule has 1 atom stereocenters. The van der Waals surface area contributed by atoms with Gasteiger partial charge >= 0.3 is 0 Å². The standard InChI is InChI=1S/C13H23N3O4S/c1-4-10(17)8-15-13(18)12-7-11(9-14-12)21(19,20)16(5-2)6-3/h7,9-10,14,17H,4-6,8H2,1-3H3,(H,15,18). The van der Waals surface area contributed by atoms with Crippen LogP contribution in [0.15, 0.2) is 17.2 Å². The molecule has 0 saturated carbocycles. The fraction of sp³-hybridized carbons (Fsp3) is 0.615. The second kappa shape index (κ2) is 7.58. The fourth-order valence-corrected chi connectivity index (χ4v) is 3.27. The number of aliphatic hydroxyl groups excluding tert-OH is 1. The zero-order valence-electron chi connectivity index (χ0n) is 12.6. The predicted octanol–water partition coefficient (Wildman–Crippen LogP) is 0.546. The van der Waals surface area contributed by atoms with E-state index in [-0.39, 0.29) is 17.1 Å². The molecule has 0 aromatic carbocycles. The van der Waals surface area contributed by atoms with Gasteiger partial charge in [0.15, 0.2) is 0 Å². The minimum atomic E-state index is -3.58. The lowest BCUT2D eigenvalue weighted by Crippen LogP contribution is -2.32. The van der Waals surface area contributed by atoms with E-state index in [0.29, 0.717) is 19.5 Å². The molecule has 1 heterocycles. The van der Waals surface area contributed by atoms with Crippen LogP contribution in [-0.4, -0.2) is 54.5 Å². The van der Waals surface area contributed by atoms with Gasteiger partial charge in [-0.25, -0.2) is 8.42 Å². The molecule has 1 rings (SSSR count). The maximum Gasteiger partial charge on any atom is 0.267 e. The summed E-state index contributed by atoms with van der Waals surface area (Å²) in [6, 6.07) is 1.31. The molecule has 1 aromatic heterocycles. The number of H-pyrrole nitrogens is 1. The molecule has 1 unspecified atom stereocenters. The van der Waals surface area contributed by atoms with Gasteiger partial charge in [-0.15, -0.1) is 0 Å². The minimum Gasteiger partial charge on any atom is -0.391 e. The van der Waals surface area contributed by atoms with E-state index < -0.39 is 22.0 Å². The van der Waals surface area contributed by atoms with Crippen molar-refractivity contribution in [3.8, 4) is 0 Å². The molecule has 0 aliphatic heterocycles. The summed E-state index contributed by atoms with van der Waals surface area (Å²) in [4.78, 5) is 14.6. The van der Waals surface area contributed by atoms with Gasteiger partial charge in [-0.2, -0.15) is 4.31 Å². The van der Waals surface area contributed by atoms with Crippen LogP contribution < -0.4 is 5.32 Å². The number of carbonyl (C=O) groups excluding carboxylic acids is 1. The quantitative estimate of drug-likeness (QED) is 0.651. The van der Waals surface area contributed by atoms with Crippen LogP contribution in [0, 0.1) is 0 Å². The van der Waals surface area contributed by atoms with E-state index in [1.807, 2.05) is 0 Å². The van der Waals surface area contributed by atoms with Gasteiger partial charge in [0, 0.05) is 25.8 Å². The molecule has 7 nitrogen and oxygen atoms in total. The van der Waals surface area contributed by atoms with E-state index in [4.69, 9.17) is 0 Å². The van der Waals surface area contributed by atoms with Crippen molar-refractivity contribution in [1.29, 1.82) is 0 Å². The summed E-state index contributed by atoms with van der Waals surface area (Å²) in [5, 5.41) is 11.9. The second-order valence-corrected chi connectivity index (χ2v) is 6.55. The number of carbonyl (C=O) groups is 1. The first-order valence-electron chi connectivity index (χ1n) is 7.01. The minimum absolute atomic E-state index is 0.0624. The van der Waals surface area contributed by atoms with Crippen LogP contribution in [0.1, 0.15) is 37.7 Å². The Kier molecular flexibility index (Phi) is 6.38. The number of nitrogens with one attached hydrogen (secondary N) is 2. The molecule has 0 aliphatic rings. The van der Waals surface area contributed by atoms with Gasteiger partial charge in [-0.1, -0.05) is 20.8 Å². The Labute approximate surface area is 125 Å². The number of nitrogens with zero attached hydrogens (tertiary/aromatic N) is 1. The Morgan fingerprint density at radius 1 is 1.38 bits per heavy atom. The zero-order valence-corrected chi connectivity index (χ0v) is 13.4. The molecule has 120 valence electrons. The first kappa shape index (κ1) is 17.7. The Bertz CT molecular complexity index is 564. The summed E-state index contributed by atoms with van der Waals surface area (Å²) in [6.45, 7) is 6.19. The third-order valence-corrected chi connectivity index (χ3v) is 5.24. The number of aliphatic hydroxyl groups is 1. The zero-order chi connectivity index (χ0) is 16.0. The van der Waals surface area contributed by atoms with Crippen LogP contribution in [-0.2, 0) is 10.0 Å². The van der Waals surface area contributed by atoms with Crippen molar-refractivity contribution in [3.05, 3.63) is 18.0 Å². The van der Waals surface area contributed by atoms with Crippen molar-refractivity contribution in [2.75, 3.05) is 19.6 Å². The molecule has 0 fully saturated rings. The maximum atomic E-state index is 12.3. The molecule has 0 bridgehead atoms. The van der Waals surface area contributed by atoms with Crippen molar-refractivity contribution < 1.29 is 18.3 Å². The SMILES string of the molecule is CCC(O)CNC(=O)c1cc(S(=O)(=O)N(CC)CC)c[nH]1. The Morgan fingerprint density at radius 2 is 2.00 bits per heavy atom. The topological polar surface area (TPSA) is 102 Å². The molecule has 0 radical (unpaired) electrons. The average molecular weight is 317 g/mol. The highest BCUT2D eigenvalue weighted by Gasteiger charge is 2.24. The van der Waals surface area contributed by atoms with Crippen molar-refractivity contribution in [1.82, 2.24) is 14.6 Å². The van der Waals surface area contributed by atoms with Crippen LogP contribution >= 0.6 is 0 Å².